The summed E-state index contributed by atoms with van der Waals surface area (Å²) in [5, 5.41) is 12.4. The Morgan fingerprint density at radius 1 is 1.24 bits per heavy atom. The van der Waals surface area contributed by atoms with Crippen molar-refractivity contribution in [1.82, 2.24) is 10.2 Å². The lowest BCUT2D eigenvalue weighted by molar-refractivity contribution is -0.130. The summed E-state index contributed by atoms with van der Waals surface area (Å²) >= 11 is 0. The summed E-state index contributed by atoms with van der Waals surface area (Å²) in [7, 11) is 1.79. The van der Waals surface area contributed by atoms with E-state index in [1.165, 1.54) is 12.8 Å². The van der Waals surface area contributed by atoms with Crippen molar-refractivity contribution < 1.29 is 9.53 Å². The molecule has 1 amide bonds. The van der Waals surface area contributed by atoms with Crippen molar-refractivity contribution in [1.29, 1.82) is 5.26 Å². The molecule has 2 aliphatic rings. The molecule has 3 atom stereocenters. The zero-order chi connectivity index (χ0) is 15.1. The van der Waals surface area contributed by atoms with Gasteiger partial charge in [0.05, 0.1) is 18.7 Å². The van der Waals surface area contributed by atoms with Gasteiger partial charge in [0.1, 0.15) is 6.04 Å². The highest BCUT2D eigenvalue weighted by atomic mass is 16.5. The summed E-state index contributed by atoms with van der Waals surface area (Å²) in [5.41, 5.74) is 0. The quantitative estimate of drug-likeness (QED) is 0.859. The third-order valence-electron chi connectivity index (χ3n) is 4.76. The van der Waals surface area contributed by atoms with Gasteiger partial charge in [0.25, 0.3) is 0 Å². The van der Waals surface area contributed by atoms with Crippen molar-refractivity contribution in [3.8, 4) is 6.07 Å². The fraction of sp³-hybridized carbons (Fsp3) is 0.875. The Morgan fingerprint density at radius 2 is 2.05 bits per heavy atom. The van der Waals surface area contributed by atoms with E-state index in [1.54, 1.807) is 12.0 Å². The van der Waals surface area contributed by atoms with E-state index in [-0.39, 0.29) is 11.9 Å². The Balaban J connectivity index is 1.76. The summed E-state index contributed by atoms with van der Waals surface area (Å²) in [6.45, 7) is 1.09. The predicted octanol–water partition coefficient (Wildman–Crippen LogP) is 1.83. The molecular weight excluding hydrogens is 266 g/mol. The monoisotopic (exact) mass is 293 g/mol. The van der Waals surface area contributed by atoms with E-state index in [0.717, 1.165) is 45.1 Å². The largest absolute Gasteiger partial charge is 0.381 e. The number of methoxy groups -OCH3 is 1. The van der Waals surface area contributed by atoms with Gasteiger partial charge in [0.2, 0.25) is 5.91 Å². The molecule has 0 spiro atoms. The SMILES string of the molecule is COC1CCCCC(NCC(=O)N2CCCC2C#N)CC1. The van der Waals surface area contributed by atoms with Crippen LogP contribution in [0.15, 0.2) is 0 Å². The first-order valence-electron chi connectivity index (χ1n) is 8.20. The van der Waals surface area contributed by atoms with Crippen LogP contribution in [0.2, 0.25) is 0 Å². The van der Waals surface area contributed by atoms with Gasteiger partial charge in [-0.1, -0.05) is 12.8 Å². The lowest BCUT2D eigenvalue weighted by Crippen LogP contribution is -2.43. The number of hydrogen-bond acceptors (Lipinski definition) is 4. The molecule has 1 heterocycles. The third kappa shape index (κ3) is 4.69. The fourth-order valence-electron chi connectivity index (χ4n) is 3.41. The molecule has 1 aliphatic heterocycles. The molecule has 1 N–H and O–H groups in total. The highest BCUT2D eigenvalue weighted by Crippen LogP contribution is 2.20. The average molecular weight is 293 g/mol. The van der Waals surface area contributed by atoms with Crippen molar-refractivity contribution in [2.24, 2.45) is 0 Å². The van der Waals surface area contributed by atoms with E-state index >= 15 is 0 Å². The second-order valence-electron chi connectivity index (χ2n) is 6.17. The van der Waals surface area contributed by atoms with E-state index in [9.17, 15) is 4.79 Å². The lowest BCUT2D eigenvalue weighted by Gasteiger charge is -2.26. The van der Waals surface area contributed by atoms with Gasteiger partial charge in [-0.15, -0.1) is 0 Å². The number of nitriles is 1. The van der Waals surface area contributed by atoms with Crippen LogP contribution in [0.25, 0.3) is 0 Å². The van der Waals surface area contributed by atoms with Gasteiger partial charge in [-0.3, -0.25) is 4.79 Å². The maximum Gasteiger partial charge on any atom is 0.237 e. The first-order valence-corrected chi connectivity index (χ1v) is 8.20. The van der Waals surface area contributed by atoms with Gasteiger partial charge < -0.3 is 15.0 Å². The molecule has 2 fully saturated rings. The fourth-order valence-corrected chi connectivity index (χ4v) is 3.41. The zero-order valence-electron chi connectivity index (χ0n) is 13.0. The molecule has 0 aromatic heterocycles. The molecule has 0 aromatic rings. The van der Waals surface area contributed by atoms with Crippen molar-refractivity contribution in [3.63, 3.8) is 0 Å². The molecule has 1 aliphatic carbocycles. The third-order valence-corrected chi connectivity index (χ3v) is 4.76. The Morgan fingerprint density at radius 3 is 2.81 bits per heavy atom. The number of ether oxygens (including phenoxy) is 1. The normalized spacial score (nSPS) is 30.5. The molecule has 5 nitrogen and oxygen atoms in total. The first kappa shape index (κ1) is 16.3. The van der Waals surface area contributed by atoms with Crippen molar-refractivity contribution in [2.75, 3.05) is 20.2 Å². The average Bonchev–Trinajstić information content (AvgIpc) is 2.95. The van der Waals surface area contributed by atoms with Crippen LogP contribution in [0.5, 0.6) is 0 Å². The summed E-state index contributed by atoms with van der Waals surface area (Å²) in [6.07, 6.45) is 8.94. The Kier molecular flexibility index (Phi) is 6.47. The van der Waals surface area contributed by atoms with Crippen LogP contribution >= 0.6 is 0 Å². The molecule has 118 valence electrons. The number of nitrogens with one attached hydrogen (secondary N) is 1. The van der Waals surface area contributed by atoms with E-state index in [2.05, 4.69) is 11.4 Å². The molecule has 0 bridgehead atoms. The number of amides is 1. The van der Waals surface area contributed by atoms with Crippen LogP contribution in [0.4, 0.5) is 0 Å². The summed E-state index contributed by atoms with van der Waals surface area (Å²) < 4.78 is 5.47. The number of rotatable bonds is 4. The second-order valence-corrected chi connectivity index (χ2v) is 6.17. The maximum absolute atomic E-state index is 12.2. The number of carbonyl (C=O) groups excluding carboxylic acids is 1. The molecule has 3 unspecified atom stereocenters. The van der Waals surface area contributed by atoms with Gasteiger partial charge in [-0.25, -0.2) is 0 Å². The lowest BCUT2D eigenvalue weighted by atomic mass is 9.95. The van der Waals surface area contributed by atoms with Crippen LogP contribution < -0.4 is 5.32 Å². The van der Waals surface area contributed by atoms with Gasteiger partial charge in [-0.2, -0.15) is 5.26 Å². The van der Waals surface area contributed by atoms with Crippen molar-refractivity contribution in [2.45, 2.75) is 69.6 Å². The standard InChI is InChI=1S/C16H27N3O2/c1-21-15-7-3-2-5-13(8-9-15)18-12-16(20)19-10-4-6-14(19)11-17/h13-15,18H,2-10,12H2,1H3. The molecule has 1 saturated carbocycles. The van der Waals surface area contributed by atoms with Gasteiger partial charge >= 0.3 is 0 Å². The minimum absolute atomic E-state index is 0.0735. The van der Waals surface area contributed by atoms with Gasteiger partial charge in [-0.05, 0) is 38.5 Å². The first-order chi connectivity index (χ1) is 10.2. The van der Waals surface area contributed by atoms with Crippen LogP contribution in [0.3, 0.4) is 0 Å². The summed E-state index contributed by atoms with van der Waals surface area (Å²) in [6, 6.07) is 2.41. The van der Waals surface area contributed by atoms with Crippen molar-refractivity contribution >= 4 is 5.91 Å². The van der Waals surface area contributed by atoms with Crippen LogP contribution in [-0.4, -0.2) is 49.2 Å². The smallest absolute Gasteiger partial charge is 0.237 e. The van der Waals surface area contributed by atoms with E-state index in [4.69, 9.17) is 10.00 Å². The molecule has 1 saturated heterocycles. The molecule has 21 heavy (non-hydrogen) atoms. The van der Waals surface area contributed by atoms with E-state index in [0.29, 0.717) is 18.7 Å². The minimum Gasteiger partial charge on any atom is -0.381 e. The Bertz CT molecular complexity index is 380. The molecule has 0 radical (unpaired) electrons. The maximum atomic E-state index is 12.2. The highest BCUT2D eigenvalue weighted by molar-refractivity contribution is 5.79. The summed E-state index contributed by atoms with van der Waals surface area (Å²) in [4.78, 5) is 13.9. The molecular formula is C16H27N3O2. The molecule has 5 heteroatoms. The van der Waals surface area contributed by atoms with Crippen LogP contribution in [-0.2, 0) is 9.53 Å². The molecule has 0 aromatic carbocycles. The Labute approximate surface area is 127 Å². The van der Waals surface area contributed by atoms with Crippen LogP contribution in [0.1, 0.15) is 51.4 Å². The minimum atomic E-state index is -0.213. The number of hydrogen-bond donors (Lipinski definition) is 1. The van der Waals surface area contributed by atoms with Crippen LogP contribution in [0, 0.1) is 11.3 Å². The highest BCUT2D eigenvalue weighted by Gasteiger charge is 2.28. The second kappa shape index (κ2) is 8.35. The Hall–Kier alpha value is -1.12. The van der Waals surface area contributed by atoms with E-state index < -0.39 is 0 Å². The number of nitrogens with zero attached hydrogens (tertiary/aromatic N) is 2. The summed E-state index contributed by atoms with van der Waals surface area (Å²) in [5.74, 6) is 0.0735. The van der Waals surface area contributed by atoms with E-state index in [1.807, 2.05) is 0 Å². The topological polar surface area (TPSA) is 65.4 Å². The molecule has 2 rings (SSSR count). The van der Waals surface area contributed by atoms with Gasteiger partial charge in [0.15, 0.2) is 0 Å². The van der Waals surface area contributed by atoms with Gasteiger partial charge in [0, 0.05) is 19.7 Å². The van der Waals surface area contributed by atoms with Crippen molar-refractivity contribution in [3.05, 3.63) is 0 Å². The number of likely N-dealkylation sites (tertiary alicyclic amines) is 1. The zero-order valence-corrected chi connectivity index (χ0v) is 13.0. The predicted molar refractivity (Wildman–Crippen MR) is 80.6 cm³/mol. The number of carbonyl (C=O) groups is 1.